The predicted octanol–water partition coefficient (Wildman–Crippen LogP) is 1.63. The minimum absolute atomic E-state index is 0.240. The molecule has 0 aromatic heterocycles. The van der Waals surface area contributed by atoms with E-state index in [1.165, 1.54) is 12.8 Å². The Morgan fingerprint density at radius 1 is 1.31 bits per heavy atom. The number of hydrogen-bond donors (Lipinski definition) is 1. The van der Waals surface area contributed by atoms with Crippen LogP contribution in [0.3, 0.4) is 0 Å². The minimum atomic E-state index is 0.240. The van der Waals surface area contributed by atoms with E-state index in [0.29, 0.717) is 11.9 Å². The number of nitrogens with one attached hydrogen (secondary N) is 1. The van der Waals surface area contributed by atoms with E-state index < -0.39 is 0 Å². The predicted molar refractivity (Wildman–Crippen MR) is 65.2 cm³/mol. The summed E-state index contributed by atoms with van der Waals surface area (Å²) < 4.78 is 0. The third-order valence-electron chi connectivity index (χ3n) is 4.07. The SMILES string of the molecule is CC1CCN(C(=O)C2CCCNC2)C(C)C1. The van der Waals surface area contributed by atoms with E-state index in [1.54, 1.807) is 0 Å². The molecule has 2 aliphatic rings. The molecule has 3 unspecified atom stereocenters. The molecule has 0 radical (unpaired) electrons. The number of rotatable bonds is 1. The maximum absolute atomic E-state index is 12.4. The summed E-state index contributed by atoms with van der Waals surface area (Å²) in [4.78, 5) is 14.5. The van der Waals surface area contributed by atoms with Crippen LogP contribution in [0.15, 0.2) is 0 Å². The first-order valence-corrected chi connectivity index (χ1v) is 6.69. The molecule has 2 rings (SSSR count). The highest BCUT2D eigenvalue weighted by Crippen LogP contribution is 2.25. The second kappa shape index (κ2) is 5.17. The van der Waals surface area contributed by atoms with Crippen molar-refractivity contribution in [2.24, 2.45) is 11.8 Å². The zero-order chi connectivity index (χ0) is 11.5. The number of carbonyl (C=O) groups excluding carboxylic acids is 1. The van der Waals surface area contributed by atoms with Gasteiger partial charge in [-0.25, -0.2) is 0 Å². The molecule has 2 fully saturated rings. The van der Waals surface area contributed by atoms with Crippen LogP contribution in [-0.2, 0) is 4.79 Å². The average Bonchev–Trinajstić information content (AvgIpc) is 2.29. The van der Waals surface area contributed by atoms with Gasteiger partial charge in [0.15, 0.2) is 0 Å². The number of piperidine rings is 2. The Balaban J connectivity index is 1.92. The first-order chi connectivity index (χ1) is 7.68. The van der Waals surface area contributed by atoms with Gasteiger partial charge in [0.2, 0.25) is 5.91 Å². The van der Waals surface area contributed by atoms with Crippen molar-refractivity contribution in [3.63, 3.8) is 0 Å². The van der Waals surface area contributed by atoms with Crippen molar-refractivity contribution >= 4 is 5.91 Å². The highest BCUT2D eigenvalue weighted by Gasteiger charge is 2.31. The Kier molecular flexibility index (Phi) is 3.85. The van der Waals surface area contributed by atoms with Gasteiger partial charge in [-0.05, 0) is 45.1 Å². The molecule has 2 heterocycles. The average molecular weight is 224 g/mol. The van der Waals surface area contributed by atoms with Gasteiger partial charge in [-0.3, -0.25) is 4.79 Å². The molecule has 16 heavy (non-hydrogen) atoms. The molecule has 0 aromatic carbocycles. The number of hydrogen-bond acceptors (Lipinski definition) is 2. The molecule has 0 saturated carbocycles. The van der Waals surface area contributed by atoms with Gasteiger partial charge >= 0.3 is 0 Å². The molecule has 3 heteroatoms. The van der Waals surface area contributed by atoms with Crippen molar-refractivity contribution in [1.29, 1.82) is 0 Å². The van der Waals surface area contributed by atoms with Crippen molar-refractivity contribution in [1.82, 2.24) is 10.2 Å². The topological polar surface area (TPSA) is 32.3 Å². The Bertz CT molecular complexity index is 248. The standard InChI is InChI=1S/C13H24N2O/c1-10-5-7-15(11(2)8-10)13(16)12-4-3-6-14-9-12/h10-12,14H,3-9H2,1-2H3. The van der Waals surface area contributed by atoms with Crippen molar-refractivity contribution in [3.8, 4) is 0 Å². The summed E-state index contributed by atoms with van der Waals surface area (Å²) >= 11 is 0. The lowest BCUT2D eigenvalue weighted by Gasteiger charge is -2.39. The molecule has 0 bridgehead atoms. The van der Waals surface area contributed by atoms with Crippen LogP contribution in [0.5, 0.6) is 0 Å². The molecule has 3 atom stereocenters. The van der Waals surface area contributed by atoms with Crippen LogP contribution in [0, 0.1) is 11.8 Å². The lowest BCUT2D eigenvalue weighted by Crippen LogP contribution is -2.49. The maximum atomic E-state index is 12.4. The summed E-state index contributed by atoms with van der Waals surface area (Å²) in [7, 11) is 0. The number of nitrogens with zero attached hydrogens (tertiary/aromatic N) is 1. The normalized spacial score (nSPS) is 36.1. The van der Waals surface area contributed by atoms with E-state index in [4.69, 9.17) is 0 Å². The quantitative estimate of drug-likeness (QED) is 0.734. The first-order valence-electron chi connectivity index (χ1n) is 6.69. The van der Waals surface area contributed by atoms with Gasteiger partial charge in [-0.15, -0.1) is 0 Å². The Morgan fingerprint density at radius 2 is 2.12 bits per heavy atom. The molecule has 0 aliphatic carbocycles. The second-order valence-electron chi connectivity index (χ2n) is 5.55. The smallest absolute Gasteiger partial charge is 0.227 e. The van der Waals surface area contributed by atoms with Gasteiger partial charge < -0.3 is 10.2 Å². The summed E-state index contributed by atoms with van der Waals surface area (Å²) in [6, 6.07) is 0.443. The summed E-state index contributed by atoms with van der Waals surface area (Å²) in [5.41, 5.74) is 0. The Hall–Kier alpha value is -0.570. The molecule has 3 nitrogen and oxygen atoms in total. The summed E-state index contributed by atoms with van der Waals surface area (Å²) in [6.45, 7) is 7.43. The van der Waals surface area contributed by atoms with Crippen LogP contribution >= 0.6 is 0 Å². The minimum Gasteiger partial charge on any atom is -0.340 e. The molecule has 92 valence electrons. The monoisotopic (exact) mass is 224 g/mol. The third-order valence-corrected chi connectivity index (χ3v) is 4.07. The Morgan fingerprint density at radius 3 is 2.75 bits per heavy atom. The van der Waals surface area contributed by atoms with Crippen LogP contribution in [0.4, 0.5) is 0 Å². The van der Waals surface area contributed by atoms with Gasteiger partial charge in [0.05, 0.1) is 5.92 Å². The lowest BCUT2D eigenvalue weighted by molar-refractivity contribution is -0.140. The molecule has 2 aliphatic heterocycles. The van der Waals surface area contributed by atoms with E-state index in [-0.39, 0.29) is 5.92 Å². The fourth-order valence-corrected chi connectivity index (χ4v) is 3.03. The molecule has 2 saturated heterocycles. The Labute approximate surface area is 98.6 Å². The lowest BCUT2D eigenvalue weighted by atomic mass is 9.90. The molecule has 1 amide bonds. The van der Waals surface area contributed by atoms with Crippen LogP contribution in [-0.4, -0.2) is 36.5 Å². The molecular weight excluding hydrogens is 200 g/mol. The summed E-state index contributed by atoms with van der Waals surface area (Å²) in [6.07, 6.45) is 4.57. The van der Waals surface area contributed by atoms with Crippen LogP contribution in [0.2, 0.25) is 0 Å². The third kappa shape index (κ3) is 2.57. The van der Waals surface area contributed by atoms with Crippen LogP contribution in [0.1, 0.15) is 39.5 Å². The maximum Gasteiger partial charge on any atom is 0.227 e. The van der Waals surface area contributed by atoms with Crippen LogP contribution in [0.25, 0.3) is 0 Å². The largest absolute Gasteiger partial charge is 0.340 e. The fourth-order valence-electron chi connectivity index (χ4n) is 3.03. The van der Waals surface area contributed by atoms with Gasteiger partial charge in [0, 0.05) is 19.1 Å². The second-order valence-corrected chi connectivity index (χ2v) is 5.55. The van der Waals surface area contributed by atoms with E-state index in [1.807, 2.05) is 0 Å². The van der Waals surface area contributed by atoms with Crippen molar-refractivity contribution in [2.45, 2.75) is 45.6 Å². The molecule has 0 spiro atoms. The zero-order valence-corrected chi connectivity index (χ0v) is 10.5. The summed E-state index contributed by atoms with van der Waals surface area (Å²) in [5, 5.41) is 3.33. The van der Waals surface area contributed by atoms with Gasteiger partial charge in [0.1, 0.15) is 0 Å². The van der Waals surface area contributed by atoms with Crippen LogP contribution < -0.4 is 5.32 Å². The van der Waals surface area contributed by atoms with Crippen molar-refractivity contribution < 1.29 is 4.79 Å². The number of carbonyl (C=O) groups is 1. The van der Waals surface area contributed by atoms with Crippen molar-refractivity contribution in [3.05, 3.63) is 0 Å². The molecular formula is C13H24N2O. The fraction of sp³-hybridized carbons (Fsp3) is 0.923. The highest BCUT2D eigenvalue weighted by molar-refractivity contribution is 5.79. The zero-order valence-electron chi connectivity index (χ0n) is 10.5. The molecule has 1 N–H and O–H groups in total. The highest BCUT2D eigenvalue weighted by atomic mass is 16.2. The number of amides is 1. The number of likely N-dealkylation sites (tertiary alicyclic amines) is 1. The van der Waals surface area contributed by atoms with E-state index in [9.17, 15) is 4.79 Å². The van der Waals surface area contributed by atoms with Gasteiger partial charge in [-0.2, -0.15) is 0 Å². The van der Waals surface area contributed by atoms with E-state index >= 15 is 0 Å². The molecule has 0 aromatic rings. The summed E-state index contributed by atoms with van der Waals surface area (Å²) in [5.74, 6) is 1.42. The van der Waals surface area contributed by atoms with E-state index in [0.717, 1.165) is 38.4 Å². The van der Waals surface area contributed by atoms with E-state index in [2.05, 4.69) is 24.1 Å². The van der Waals surface area contributed by atoms with Gasteiger partial charge in [-0.1, -0.05) is 6.92 Å². The van der Waals surface area contributed by atoms with Crippen molar-refractivity contribution in [2.75, 3.05) is 19.6 Å². The first kappa shape index (κ1) is 11.9. The van der Waals surface area contributed by atoms with Gasteiger partial charge in [0.25, 0.3) is 0 Å².